The molecule has 0 atom stereocenters. The minimum absolute atomic E-state index is 0.212. The number of halogens is 1. The van der Waals surface area contributed by atoms with Gasteiger partial charge < -0.3 is 0 Å². The Kier molecular flexibility index (Phi) is 2.42. The lowest BCUT2D eigenvalue weighted by atomic mass is 10.3. The quantitative estimate of drug-likeness (QED) is 0.583. The molecule has 60 valence electrons. The normalized spacial score (nSPS) is 9.73. The molecular weight excluding hydrogens is 259 g/mol. The maximum absolute atomic E-state index is 11.0. The molecular formula is C5H7IN4O. The summed E-state index contributed by atoms with van der Waals surface area (Å²) in [5.74, 6) is -0.212. The fraction of sp³-hybridized carbons (Fsp3) is 0.400. The van der Waals surface area contributed by atoms with Crippen LogP contribution in [-0.2, 0) is 7.05 Å². The van der Waals surface area contributed by atoms with Crippen LogP contribution in [0.5, 0.6) is 0 Å². The molecule has 1 aromatic heterocycles. The molecule has 0 spiro atoms. The monoisotopic (exact) mass is 266 g/mol. The van der Waals surface area contributed by atoms with Crippen LogP contribution >= 0.6 is 22.9 Å². The van der Waals surface area contributed by atoms with Crippen LogP contribution in [0, 0.1) is 6.92 Å². The van der Waals surface area contributed by atoms with E-state index in [4.69, 9.17) is 0 Å². The number of aromatic nitrogens is 3. The first-order chi connectivity index (χ1) is 5.16. The van der Waals surface area contributed by atoms with Crippen molar-refractivity contribution in [3.05, 3.63) is 11.4 Å². The van der Waals surface area contributed by atoms with Crippen molar-refractivity contribution in [1.29, 1.82) is 0 Å². The lowest BCUT2D eigenvalue weighted by Gasteiger charge is -1.93. The third-order valence-electron chi connectivity index (χ3n) is 1.41. The van der Waals surface area contributed by atoms with Gasteiger partial charge in [0.05, 0.1) is 28.6 Å². The second-order valence-corrected chi connectivity index (χ2v) is 2.61. The predicted octanol–water partition coefficient (Wildman–Crippen LogP) is 0.203. The van der Waals surface area contributed by atoms with Gasteiger partial charge in [0.15, 0.2) is 5.69 Å². The average Bonchev–Trinajstić information content (AvgIpc) is 2.32. The van der Waals surface area contributed by atoms with E-state index in [1.807, 2.05) is 0 Å². The molecule has 0 saturated carbocycles. The van der Waals surface area contributed by atoms with Crippen molar-refractivity contribution >= 4 is 28.8 Å². The van der Waals surface area contributed by atoms with E-state index in [2.05, 4.69) is 13.8 Å². The van der Waals surface area contributed by atoms with Crippen molar-refractivity contribution in [3.63, 3.8) is 0 Å². The first kappa shape index (κ1) is 8.44. The topological polar surface area (TPSA) is 59.8 Å². The molecule has 0 aromatic carbocycles. The van der Waals surface area contributed by atoms with Crippen LogP contribution in [0.15, 0.2) is 0 Å². The van der Waals surface area contributed by atoms with Crippen molar-refractivity contribution in [3.8, 4) is 0 Å². The van der Waals surface area contributed by atoms with E-state index in [1.54, 1.807) is 41.5 Å². The Hall–Kier alpha value is -0.660. The van der Waals surface area contributed by atoms with Gasteiger partial charge in [-0.1, -0.05) is 5.21 Å². The van der Waals surface area contributed by atoms with Crippen molar-refractivity contribution in [2.45, 2.75) is 6.92 Å². The van der Waals surface area contributed by atoms with Gasteiger partial charge in [-0.3, -0.25) is 13.0 Å². The molecule has 5 nitrogen and oxygen atoms in total. The SMILES string of the molecule is Cc1c(C(=O)NI)nnn1C. The first-order valence-electron chi connectivity index (χ1n) is 2.94. The Morgan fingerprint density at radius 2 is 2.36 bits per heavy atom. The van der Waals surface area contributed by atoms with E-state index < -0.39 is 0 Å². The first-order valence-corrected chi connectivity index (χ1v) is 4.02. The van der Waals surface area contributed by atoms with E-state index in [0.717, 1.165) is 5.69 Å². The van der Waals surface area contributed by atoms with Gasteiger partial charge in [0.25, 0.3) is 5.91 Å². The summed E-state index contributed by atoms with van der Waals surface area (Å²) in [4.78, 5) is 11.0. The summed E-state index contributed by atoms with van der Waals surface area (Å²) in [5, 5.41) is 7.37. The smallest absolute Gasteiger partial charge is 0.282 e. The fourth-order valence-electron chi connectivity index (χ4n) is 0.659. The molecule has 0 aliphatic rings. The van der Waals surface area contributed by atoms with Gasteiger partial charge in [-0.05, 0) is 6.92 Å². The molecule has 0 radical (unpaired) electrons. The summed E-state index contributed by atoms with van der Waals surface area (Å²) in [6.07, 6.45) is 0. The van der Waals surface area contributed by atoms with E-state index in [-0.39, 0.29) is 5.91 Å². The molecule has 0 aliphatic heterocycles. The van der Waals surface area contributed by atoms with Crippen molar-refractivity contribution in [2.24, 2.45) is 7.05 Å². The highest BCUT2D eigenvalue weighted by atomic mass is 127. The largest absolute Gasteiger partial charge is 0.293 e. The zero-order valence-corrected chi connectivity index (χ0v) is 8.29. The number of hydrogen-bond acceptors (Lipinski definition) is 3. The van der Waals surface area contributed by atoms with Gasteiger partial charge in [0, 0.05) is 7.05 Å². The number of amides is 1. The Morgan fingerprint density at radius 1 is 1.73 bits per heavy atom. The highest BCUT2D eigenvalue weighted by Crippen LogP contribution is 2.01. The molecule has 6 heteroatoms. The number of nitrogens with one attached hydrogen (secondary N) is 1. The van der Waals surface area contributed by atoms with Gasteiger partial charge in [0.2, 0.25) is 0 Å². The maximum Gasteiger partial charge on any atom is 0.282 e. The predicted molar refractivity (Wildman–Crippen MR) is 47.2 cm³/mol. The lowest BCUT2D eigenvalue weighted by Crippen LogP contribution is -2.13. The molecule has 1 aromatic rings. The average molecular weight is 266 g/mol. The van der Waals surface area contributed by atoms with Crippen LogP contribution < -0.4 is 3.53 Å². The van der Waals surface area contributed by atoms with Gasteiger partial charge in [-0.15, -0.1) is 5.10 Å². The number of carbonyl (C=O) groups excluding carboxylic acids is 1. The van der Waals surface area contributed by atoms with Gasteiger partial charge >= 0.3 is 0 Å². The van der Waals surface area contributed by atoms with Crippen LogP contribution in [0.2, 0.25) is 0 Å². The van der Waals surface area contributed by atoms with Crippen LogP contribution in [0.1, 0.15) is 16.2 Å². The molecule has 1 rings (SSSR count). The van der Waals surface area contributed by atoms with Crippen molar-refractivity contribution in [2.75, 3.05) is 0 Å². The van der Waals surface area contributed by atoms with Crippen molar-refractivity contribution < 1.29 is 4.79 Å². The summed E-state index contributed by atoms with van der Waals surface area (Å²) in [6.45, 7) is 1.79. The van der Waals surface area contributed by atoms with Crippen LogP contribution in [-0.4, -0.2) is 20.9 Å². The van der Waals surface area contributed by atoms with Gasteiger partial charge in [0.1, 0.15) is 0 Å². The Bertz CT molecular complexity index is 282. The summed E-state index contributed by atoms with van der Waals surface area (Å²) in [6, 6.07) is 0. The molecule has 0 bridgehead atoms. The second kappa shape index (κ2) is 3.16. The number of carbonyl (C=O) groups is 1. The standard InChI is InChI=1S/C5H7IN4O/c1-3-4(5(11)7-6)8-9-10(3)2/h1-2H3,(H,7,11). The second-order valence-electron chi connectivity index (χ2n) is 2.07. The minimum atomic E-state index is -0.212. The molecule has 0 unspecified atom stereocenters. The molecule has 0 aliphatic carbocycles. The Morgan fingerprint density at radius 3 is 2.73 bits per heavy atom. The van der Waals surface area contributed by atoms with Crippen LogP contribution in [0.25, 0.3) is 0 Å². The molecule has 1 N–H and O–H groups in total. The van der Waals surface area contributed by atoms with E-state index in [0.29, 0.717) is 5.69 Å². The Balaban J connectivity index is 3.04. The molecule has 0 fully saturated rings. The van der Waals surface area contributed by atoms with Gasteiger partial charge in [-0.25, -0.2) is 0 Å². The summed E-state index contributed by atoms with van der Waals surface area (Å²) in [7, 11) is 1.74. The lowest BCUT2D eigenvalue weighted by molar-refractivity contribution is 0.0984. The maximum atomic E-state index is 11.0. The summed E-state index contributed by atoms with van der Waals surface area (Å²) < 4.78 is 4.01. The van der Waals surface area contributed by atoms with Gasteiger partial charge in [-0.2, -0.15) is 0 Å². The Labute approximate surface area is 77.7 Å². The molecule has 0 saturated heterocycles. The minimum Gasteiger partial charge on any atom is -0.293 e. The fourth-order valence-corrected chi connectivity index (χ4v) is 0.914. The summed E-state index contributed by atoms with van der Waals surface area (Å²) >= 11 is 1.77. The summed E-state index contributed by atoms with van der Waals surface area (Å²) in [5.41, 5.74) is 1.14. The number of aryl methyl sites for hydroxylation is 1. The number of hydrogen-bond donors (Lipinski definition) is 1. The van der Waals surface area contributed by atoms with Crippen LogP contribution in [0.3, 0.4) is 0 Å². The number of rotatable bonds is 1. The molecule has 1 amide bonds. The third kappa shape index (κ3) is 1.50. The highest BCUT2D eigenvalue weighted by molar-refractivity contribution is 14.1. The zero-order valence-electron chi connectivity index (χ0n) is 6.13. The van der Waals surface area contributed by atoms with E-state index >= 15 is 0 Å². The molecule has 1 heterocycles. The zero-order chi connectivity index (χ0) is 8.43. The van der Waals surface area contributed by atoms with Crippen LogP contribution in [0.4, 0.5) is 0 Å². The molecule has 11 heavy (non-hydrogen) atoms. The third-order valence-corrected chi connectivity index (χ3v) is 1.90. The highest BCUT2D eigenvalue weighted by Gasteiger charge is 2.12. The van der Waals surface area contributed by atoms with E-state index in [1.165, 1.54) is 0 Å². The van der Waals surface area contributed by atoms with Crippen molar-refractivity contribution in [1.82, 2.24) is 18.5 Å². The van der Waals surface area contributed by atoms with E-state index in [9.17, 15) is 4.79 Å². The number of nitrogens with zero attached hydrogens (tertiary/aromatic N) is 3.